The summed E-state index contributed by atoms with van der Waals surface area (Å²) in [7, 11) is 0. The zero-order chi connectivity index (χ0) is 27.0. The molecule has 4 aromatic rings. The minimum atomic E-state index is 1.18. The molecule has 0 saturated carbocycles. The predicted octanol–water partition coefficient (Wildman–Crippen LogP) is 8.05. The smallest absolute Gasteiger partial charge is 0.0458 e. The summed E-state index contributed by atoms with van der Waals surface area (Å²) in [5.41, 5.74) is 8.79. The van der Waals surface area contributed by atoms with Crippen LogP contribution in [0.15, 0.2) is 48.5 Å². The van der Waals surface area contributed by atoms with Crippen LogP contribution in [0.3, 0.4) is 0 Å². The highest BCUT2D eigenvalue weighted by Gasteiger charge is 2.16. The molecule has 0 radical (unpaired) electrons. The van der Waals surface area contributed by atoms with Crippen LogP contribution < -0.4 is 0 Å². The lowest BCUT2D eigenvalue weighted by Crippen LogP contribution is -2.31. The lowest BCUT2D eigenvalue weighted by Gasteiger charge is -2.26. The molecule has 0 aliphatic carbocycles. The van der Waals surface area contributed by atoms with Gasteiger partial charge in [-0.2, -0.15) is 0 Å². The Morgan fingerprint density at radius 3 is 1.35 bits per heavy atom. The monoisotopic (exact) mass is 538 g/mol. The number of fused-ring (bicyclic) bond motifs is 2. The number of nitrogens with zero attached hydrogens (tertiary/aromatic N) is 2. The number of piperidine rings is 2. The number of rotatable bonds is 13. The normalized spacial score (nSPS) is 17.3. The summed E-state index contributed by atoms with van der Waals surface area (Å²) in [4.78, 5) is 13.0. The first-order valence-electron chi connectivity index (χ1n) is 16.5. The average Bonchev–Trinajstić information content (AvgIpc) is 3.55. The van der Waals surface area contributed by atoms with Gasteiger partial charge in [0.05, 0.1) is 0 Å². The second-order valence-electron chi connectivity index (χ2n) is 12.5. The Labute approximate surface area is 241 Å². The molecule has 6 rings (SSSR count). The summed E-state index contributed by atoms with van der Waals surface area (Å²) >= 11 is 0. The number of aryl methyl sites for hydroxylation is 2. The first-order valence-corrected chi connectivity index (χ1v) is 16.5. The number of aromatic amines is 2. The highest BCUT2D eigenvalue weighted by atomic mass is 15.1. The van der Waals surface area contributed by atoms with Gasteiger partial charge in [-0.25, -0.2) is 0 Å². The number of H-pyrrole nitrogens is 2. The molecule has 4 nitrogen and oxygen atoms in total. The molecule has 2 aliphatic heterocycles. The van der Waals surface area contributed by atoms with Crippen LogP contribution in [0.25, 0.3) is 21.8 Å². The highest BCUT2D eigenvalue weighted by molar-refractivity contribution is 5.85. The van der Waals surface area contributed by atoms with E-state index in [1.54, 1.807) is 11.1 Å². The second-order valence-corrected chi connectivity index (χ2v) is 12.5. The molecule has 0 atom stereocenters. The van der Waals surface area contributed by atoms with E-state index in [1.807, 2.05) is 0 Å². The molecule has 0 amide bonds. The van der Waals surface area contributed by atoms with Crippen molar-refractivity contribution in [3.05, 3.63) is 71.0 Å². The number of nitrogens with one attached hydrogen (secondary N) is 2. The zero-order valence-electron chi connectivity index (χ0n) is 24.7. The third-order valence-electron chi connectivity index (χ3n) is 9.66. The molecular weight excluding hydrogens is 488 g/mol. The van der Waals surface area contributed by atoms with Crippen molar-refractivity contribution in [3.8, 4) is 0 Å². The number of para-hydroxylation sites is 2. The molecule has 0 unspecified atom stereocenters. The van der Waals surface area contributed by atoms with Crippen LogP contribution >= 0.6 is 0 Å². The van der Waals surface area contributed by atoms with Crippen molar-refractivity contribution >= 4 is 21.8 Å². The van der Waals surface area contributed by atoms with E-state index < -0.39 is 0 Å². The van der Waals surface area contributed by atoms with Crippen LogP contribution in [0.4, 0.5) is 0 Å². The van der Waals surface area contributed by atoms with Gasteiger partial charge in [-0.15, -0.1) is 0 Å². The lowest BCUT2D eigenvalue weighted by molar-refractivity contribution is 0.231. The van der Waals surface area contributed by atoms with Gasteiger partial charge in [0.25, 0.3) is 0 Å². The molecule has 40 heavy (non-hydrogen) atoms. The maximum atomic E-state index is 3.80. The summed E-state index contributed by atoms with van der Waals surface area (Å²) in [5, 5.41) is 2.90. The van der Waals surface area contributed by atoms with Crippen molar-refractivity contribution in [2.24, 2.45) is 0 Å². The molecule has 2 saturated heterocycles. The fourth-order valence-corrected chi connectivity index (χ4v) is 7.37. The quantitative estimate of drug-likeness (QED) is 0.169. The van der Waals surface area contributed by atoms with E-state index in [9.17, 15) is 0 Å². The van der Waals surface area contributed by atoms with Gasteiger partial charge < -0.3 is 19.8 Å². The van der Waals surface area contributed by atoms with E-state index in [1.165, 1.54) is 162 Å². The number of benzene rings is 2. The summed E-state index contributed by atoms with van der Waals surface area (Å²) < 4.78 is 0. The molecule has 0 bridgehead atoms. The second kappa shape index (κ2) is 13.9. The summed E-state index contributed by atoms with van der Waals surface area (Å²) in [6, 6.07) is 17.9. The topological polar surface area (TPSA) is 38.1 Å². The fraction of sp³-hybridized carbons (Fsp3) is 0.556. The Morgan fingerprint density at radius 2 is 0.900 bits per heavy atom. The molecule has 2 aromatic carbocycles. The van der Waals surface area contributed by atoms with E-state index in [2.05, 4.69) is 68.3 Å². The molecule has 2 fully saturated rings. The maximum Gasteiger partial charge on any atom is 0.0458 e. The van der Waals surface area contributed by atoms with Gasteiger partial charge in [0.1, 0.15) is 0 Å². The fourth-order valence-electron chi connectivity index (χ4n) is 7.37. The first kappa shape index (κ1) is 27.6. The minimum absolute atomic E-state index is 1.18. The standard InChI is InChI=1S/C36H50N4/c1(5-17-35-31(21-27-39-23-11-3-12-24-39)29-15-7-9-19-33(29)37-35)2-6-18-36-32(22-28-40-25-13-4-14-26-40)30-16-8-10-20-34(30)38-36/h7-10,15-16,19-20,37-38H,1-6,11-14,17-18,21-28H2. The molecule has 4 heterocycles. The summed E-state index contributed by atoms with van der Waals surface area (Å²) in [6.07, 6.45) is 18.2. The summed E-state index contributed by atoms with van der Waals surface area (Å²) in [6.45, 7) is 7.56. The van der Waals surface area contributed by atoms with E-state index in [4.69, 9.17) is 0 Å². The molecule has 4 heteroatoms. The van der Waals surface area contributed by atoms with Crippen molar-refractivity contribution in [3.63, 3.8) is 0 Å². The minimum Gasteiger partial charge on any atom is -0.358 e. The van der Waals surface area contributed by atoms with Crippen molar-refractivity contribution in [2.75, 3.05) is 39.3 Å². The third-order valence-corrected chi connectivity index (χ3v) is 9.66. The van der Waals surface area contributed by atoms with E-state index >= 15 is 0 Å². The molecule has 2 aliphatic rings. The molecule has 214 valence electrons. The van der Waals surface area contributed by atoms with Crippen molar-refractivity contribution in [2.45, 2.75) is 89.9 Å². The van der Waals surface area contributed by atoms with Crippen LogP contribution in [-0.4, -0.2) is 59.0 Å². The summed E-state index contributed by atoms with van der Waals surface area (Å²) in [5.74, 6) is 0. The van der Waals surface area contributed by atoms with Gasteiger partial charge in [-0.3, -0.25) is 0 Å². The van der Waals surface area contributed by atoms with Gasteiger partial charge in [0.15, 0.2) is 0 Å². The highest BCUT2D eigenvalue weighted by Crippen LogP contribution is 2.27. The maximum absolute atomic E-state index is 3.80. The zero-order valence-corrected chi connectivity index (χ0v) is 24.7. The Kier molecular flexibility index (Phi) is 9.57. The number of likely N-dealkylation sites (tertiary alicyclic amines) is 2. The van der Waals surface area contributed by atoms with Crippen LogP contribution in [0, 0.1) is 0 Å². The number of unbranched alkanes of at least 4 members (excludes halogenated alkanes) is 3. The first-order chi connectivity index (χ1) is 19.8. The molecule has 2 N–H and O–H groups in total. The van der Waals surface area contributed by atoms with Crippen molar-refractivity contribution in [1.29, 1.82) is 0 Å². The SMILES string of the molecule is c1ccc2c(CCN3CCCCC3)c(CCCCCCc3[nH]c4ccccc4c3CCN3CCCCC3)[nH]c2c1. The van der Waals surface area contributed by atoms with Gasteiger partial charge in [0, 0.05) is 46.3 Å². The predicted molar refractivity (Wildman–Crippen MR) is 170 cm³/mol. The van der Waals surface area contributed by atoms with Gasteiger partial charge in [-0.05, 0) is 114 Å². The van der Waals surface area contributed by atoms with E-state index in [-0.39, 0.29) is 0 Å². The molecular formula is C36H50N4. The lowest BCUT2D eigenvalue weighted by atomic mass is 10.0. The third kappa shape index (κ3) is 6.83. The van der Waals surface area contributed by atoms with Gasteiger partial charge >= 0.3 is 0 Å². The van der Waals surface area contributed by atoms with Crippen LogP contribution in [0.1, 0.15) is 86.7 Å². The average molecular weight is 539 g/mol. The Hall–Kier alpha value is -2.56. The molecule has 2 aromatic heterocycles. The van der Waals surface area contributed by atoms with Gasteiger partial charge in [0.2, 0.25) is 0 Å². The number of aromatic nitrogens is 2. The van der Waals surface area contributed by atoms with Crippen molar-refractivity contribution in [1.82, 2.24) is 19.8 Å². The largest absolute Gasteiger partial charge is 0.358 e. The number of hydrogen-bond donors (Lipinski definition) is 2. The Bertz CT molecular complexity index is 1230. The molecule has 0 spiro atoms. The van der Waals surface area contributed by atoms with Crippen LogP contribution in [0.2, 0.25) is 0 Å². The Balaban J connectivity index is 1.01. The van der Waals surface area contributed by atoms with Crippen LogP contribution in [0.5, 0.6) is 0 Å². The van der Waals surface area contributed by atoms with E-state index in [0.717, 1.165) is 0 Å². The number of hydrogen-bond acceptors (Lipinski definition) is 2. The van der Waals surface area contributed by atoms with Crippen LogP contribution in [-0.2, 0) is 25.7 Å². The van der Waals surface area contributed by atoms with Gasteiger partial charge in [-0.1, -0.05) is 62.1 Å². The van der Waals surface area contributed by atoms with E-state index in [0.29, 0.717) is 0 Å². The van der Waals surface area contributed by atoms with Crippen molar-refractivity contribution < 1.29 is 0 Å². The Morgan fingerprint density at radius 1 is 0.475 bits per heavy atom.